The van der Waals surface area contributed by atoms with Gasteiger partial charge in [-0.25, -0.2) is 4.79 Å². The minimum absolute atomic E-state index is 0.0761. The number of carboxylic acids is 1. The molecule has 1 N–H and O–H groups in total. The number of aliphatic carboxylic acids is 1. The zero-order valence-electron chi connectivity index (χ0n) is 12.3. The summed E-state index contributed by atoms with van der Waals surface area (Å²) in [5.41, 5.74) is -0.979. The van der Waals surface area contributed by atoms with Gasteiger partial charge in [-0.05, 0) is 63.2 Å². The molecule has 4 atom stereocenters. The molecule has 2 bridgehead atoms. The highest BCUT2D eigenvalue weighted by molar-refractivity contribution is 5.87. The zero-order chi connectivity index (χ0) is 14.3. The molecule has 0 aromatic rings. The molecule has 4 unspecified atom stereocenters. The van der Waals surface area contributed by atoms with Crippen LogP contribution in [0.5, 0.6) is 0 Å². The second kappa shape index (κ2) is 5.05. The van der Waals surface area contributed by atoms with Gasteiger partial charge in [0.1, 0.15) is 5.54 Å². The van der Waals surface area contributed by atoms with Crippen molar-refractivity contribution in [2.24, 2.45) is 17.8 Å². The standard InChI is InChI=1S/C16H25NO3/c1-16(15(19)20)6-2-3-7-17(16)14(18)10-13-9-11-4-5-12(13)8-11/h11-13H,2-10H2,1H3,(H,19,20). The highest BCUT2D eigenvalue weighted by atomic mass is 16.4. The molecule has 1 amide bonds. The Balaban J connectivity index is 1.67. The topological polar surface area (TPSA) is 57.6 Å². The number of piperidine rings is 1. The second-order valence-electron chi connectivity index (χ2n) is 7.22. The minimum atomic E-state index is -0.979. The molecule has 3 rings (SSSR count). The number of carbonyl (C=O) groups is 2. The molecule has 2 saturated carbocycles. The SMILES string of the molecule is CC1(C(=O)O)CCCCN1C(=O)CC1CC2CCC1C2. The molecule has 1 aliphatic heterocycles. The Morgan fingerprint density at radius 2 is 2.05 bits per heavy atom. The number of carboxylic acid groups (broad SMARTS) is 1. The molecule has 3 aliphatic rings. The summed E-state index contributed by atoms with van der Waals surface area (Å²) >= 11 is 0. The van der Waals surface area contributed by atoms with Gasteiger partial charge < -0.3 is 10.0 Å². The number of hydrogen-bond donors (Lipinski definition) is 1. The predicted octanol–water partition coefficient (Wildman–Crippen LogP) is 2.67. The van der Waals surface area contributed by atoms with E-state index in [0.717, 1.165) is 24.7 Å². The van der Waals surface area contributed by atoms with Gasteiger partial charge in [-0.1, -0.05) is 6.42 Å². The summed E-state index contributed by atoms with van der Waals surface area (Å²) in [6.45, 7) is 2.33. The largest absolute Gasteiger partial charge is 0.480 e. The Labute approximate surface area is 120 Å². The van der Waals surface area contributed by atoms with E-state index in [9.17, 15) is 14.7 Å². The van der Waals surface area contributed by atoms with Crippen molar-refractivity contribution in [3.8, 4) is 0 Å². The Morgan fingerprint density at radius 1 is 1.25 bits per heavy atom. The maximum Gasteiger partial charge on any atom is 0.329 e. The lowest BCUT2D eigenvalue weighted by molar-refractivity contribution is -0.161. The Morgan fingerprint density at radius 3 is 2.65 bits per heavy atom. The summed E-state index contributed by atoms with van der Waals surface area (Å²) < 4.78 is 0. The number of rotatable bonds is 3. The van der Waals surface area contributed by atoms with E-state index >= 15 is 0 Å². The van der Waals surface area contributed by atoms with Gasteiger partial charge in [-0.15, -0.1) is 0 Å². The molecular formula is C16H25NO3. The van der Waals surface area contributed by atoms with Gasteiger partial charge in [0.2, 0.25) is 5.91 Å². The van der Waals surface area contributed by atoms with E-state index in [-0.39, 0.29) is 5.91 Å². The Kier molecular flexibility index (Phi) is 3.51. The number of fused-ring (bicyclic) bond motifs is 2. The van der Waals surface area contributed by atoms with Crippen molar-refractivity contribution in [2.75, 3.05) is 6.54 Å². The van der Waals surface area contributed by atoms with Crippen LogP contribution in [-0.4, -0.2) is 34.0 Å². The van der Waals surface area contributed by atoms with Gasteiger partial charge in [0.25, 0.3) is 0 Å². The highest BCUT2D eigenvalue weighted by Gasteiger charge is 2.46. The normalized spacial score (nSPS) is 40.0. The lowest BCUT2D eigenvalue weighted by Gasteiger charge is -2.42. The Hall–Kier alpha value is -1.06. The minimum Gasteiger partial charge on any atom is -0.480 e. The first-order valence-corrected chi connectivity index (χ1v) is 8.04. The monoisotopic (exact) mass is 279 g/mol. The van der Waals surface area contributed by atoms with Crippen LogP contribution in [0.1, 0.15) is 58.3 Å². The van der Waals surface area contributed by atoms with Crippen LogP contribution in [0.3, 0.4) is 0 Å². The summed E-state index contributed by atoms with van der Waals surface area (Å²) in [7, 11) is 0. The fraction of sp³-hybridized carbons (Fsp3) is 0.875. The first-order valence-electron chi connectivity index (χ1n) is 8.04. The fourth-order valence-electron chi connectivity index (χ4n) is 4.70. The van der Waals surface area contributed by atoms with Gasteiger partial charge in [0.15, 0.2) is 0 Å². The molecule has 0 aromatic carbocycles. The lowest BCUT2D eigenvalue weighted by Crippen LogP contribution is -2.57. The van der Waals surface area contributed by atoms with E-state index in [1.165, 1.54) is 25.7 Å². The molecule has 2 aliphatic carbocycles. The predicted molar refractivity (Wildman–Crippen MR) is 75.2 cm³/mol. The molecule has 0 spiro atoms. The lowest BCUT2D eigenvalue weighted by atomic mass is 9.84. The van der Waals surface area contributed by atoms with Crippen molar-refractivity contribution >= 4 is 11.9 Å². The summed E-state index contributed by atoms with van der Waals surface area (Å²) in [5, 5.41) is 9.49. The van der Waals surface area contributed by atoms with E-state index in [1.54, 1.807) is 11.8 Å². The molecule has 3 fully saturated rings. The van der Waals surface area contributed by atoms with Crippen molar-refractivity contribution in [1.29, 1.82) is 0 Å². The van der Waals surface area contributed by atoms with Crippen LogP contribution >= 0.6 is 0 Å². The van der Waals surface area contributed by atoms with E-state index in [2.05, 4.69) is 0 Å². The maximum absolute atomic E-state index is 12.6. The van der Waals surface area contributed by atoms with Gasteiger partial charge in [0, 0.05) is 13.0 Å². The maximum atomic E-state index is 12.6. The summed E-state index contributed by atoms with van der Waals surface area (Å²) in [6.07, 6.45) is 8.10. The van der Waals surface area contributed by atoms with Crippen LogP contribution < -0.4 is 0 Å². The van der Waals surface area contributed by atoms with Crippen molar-refractivity contribution in [1.82, 2.24) is 4.90 Å². The van der Waals surface area contributed by atoms with Crippen LogP contribution in [0, 0.1) is 17.8 Å². The third-order valence-electron chi connectivity index (χ3n) is 5.97. The van der Waals surface area contributed by atoms with Gasteiger partial charge in [0.05, 0.1) is 0 Å². The number of likely N-dealkylation sites (tertiary alicyclic amines) is 1. The van der Waals surface area contributed by atoms with E-state index in [0.29, 0.717) is 25.3 Å². The number of nitrogens with zero attached hydrogens (tertiary/aromatic N) is 1. The van der Waals surface area contributed by atoms with Crippen LogP contribution in [0.25, 0.3) is 0 Å². The molecule has 0 aromatic heterocycles. The molecular weight excluding hydrogens is 254 g/mol. The zero-order valence-corrected chi connectivity index (χ0v) is 12.3. The van der Waals surface area contributed by atoms with E-state index < -0.39 is 11.5 Å². The van der Waals surface area contributed by atoms with Crippen molar-refractivity contribution in [3.63, 3.8) is 0 Å². The van der Waals surface area contributed by atoms with E-state index in [4.69, 9.17) is 0 Å². The Bertz CT molecular complexity index is 422. The smallest absolute Gasteiger partial charge is 0.329 e. The summed E-state index contributed by atoms with van der Waals surface area (Å²) in [5.74, 6) is 1.31. The summed E-state index contributed by atoms with van der Waals surface area (Å²) in [4.78, 5) is 25.8. The third-order valence-corrected chi connectivity index (χ3v) is 5.97. The fourth-order valence-corrected chi connectivity index (χ4v) is 4.70. The first-order chi connectivity index (χ1) is 9.50. The molecule has 112 valence electrons. The highest BCUT2D eigenvalue weighted by Crippen LogP contribution is 2.49. The summed E-state index contributed by atoms with van der Waals surface area (Å²) in [6, 6.07) is 0. The molecule has 1 saturated heterocycles. The van der Waals surface area contributed by atoms with Crippen LogP contribution in [0.15, 0.2) is 0 Å². The van der Waals surface area contributed by atoms with Crippen molar-refractivity contribution in [3.05, 3.63) is 0 Å². The first kappa shape index (κ1) is 13.9. The quantitative estimate of drug-likeness (QED) is 0.864. The molecule has 20 heavy (non-hydrogen) atoms. The molecule has 0 radical (unpaired) electrons. The van der Waals surface area contributed by atoms with Gasteiger partial charge >= 0.3 is 5.97 Å². The van der Waals surface area contributed by atoms with Crippen molar-refractivity contribution < 1.29 is 14.7 Å². The number of hydrogen-bond acceptors (Lipinski definition) is 2. The van der Waals surface area contributed by atoms with Gasteiger partial charge in [-0.3, -0.25) is 4.79 Å². The van der Waals surface area contributed by atoms with Gasteiger partial charge in [-0.2, -0.15) is 0 Å². The number of carbonyl (C=O) groups excluding carboxylic acids is 1. The van der Waals surface area contributed by atoms with Crippen LogP contribution in [0.2, 0.25) is 0 Å². The molecule has 4 nitrogen and oxygen atoms in total. The average Bonchev–Trinajstić information content (AvgIpc) is 3.01. The van der Waals surface area contributed by atoms with Crippen LogP contribution in [-0.2, 0) is 9.59 Å². The van der Waals surface area contributed by atoms with E-state index in [1.807, 2.05) is 0 Å². The second-order valence-corrected chi connectivity index (χ2v) is 7.22. The molecule has 1 heterocycles. The molecule has 4 heteroatoms. The van der Waals surface area contributed by atoms with Crippen LogP contribution in [0.4, 0.5) is 0 Å². The number of amides is 1. The average molecular weight is 279 g/mol. The third kappa shape index (κ3) is 2.23. The van der Waals surface area contributed by atoms with Crippen molar-refractivity contribution in [2.45, 2.75) is 63.8 Å².